The Labute approximate surface area is 78.1 Å². The van der Waals surface area contributed by atoms with Gasteiger partial charge in [0.05, 0.1) is 6.61 Å². The van der Waals surface area contributed by atoms with E-state index in [-0.39, 0.29) is 12.6 Å². The average molecular weight is 181 g/mol. The number of rotatable bonds is 4. The highest BCUT2D eigenvalue weighted by Gasteiger charge is 2.05. The molecule has 0 spiro atoms. The molecule has 0 aromatic heterocycles. The predicted octanol–water partition coefficient (Wildman–Crippen LogP) is 1.08. The second-order valence-electron chi connectivity index (χ2n) is 2.90. The molecular weight excluding hydrogens is 166 g/mol. The van der Waals surface area contributed by atoms with Gasteiger partial charge in [-0.3, -0.25) is 0 Å². The van der Waals surface area contributed by atoms with E-state index in [4.69, 9.17) is 15.6 Å². The zero-order valence-electron chi connectivity index (χ0n) is 7.73. The molecule has 0 radical (unpaired) electrons. The highest BCUT2D eigenvalue weighted by Crippen LogP contribution is 2.22. The fourth-order valence-corrected chi connectivity index (χ4v) is 1.14. The molecule has 3 heteroatoms. The van der Waals surface area contributed by atoms with Gasteiger partial charge in [0.15, 0.2) is 0 Å². The second kappa shape index (κ2) is 4.84. The number of hydrogen-bond acceptors (Lipinski definition) is 3. The molecule has 1 atom stereocenters. The van der Waals surface area contributed by atoms with Gasteiger partial charge in [-0.05, 0) is 13.0 Å². The summed E-state index contributed by atoms with van der Waals surface area (Å²) in [7, 11) is 0. The van der Waals surface area contributed by atoms with Crippen molar-refractivity contribution in [1.82, 2.24) is 0 Å². The molecule has 0 amide bonds. The molecule has 0 bridgehead atoms. The van der Waals surface area contributed by atoms with E-state index in [2.05, 4.69) is 0 Å². The van der Waals surface area contributed by atoms with E-state index in [0.717, 1.165) is 11.3 Å². The summed E-state index contributed by atoms with van der Waals surface area (Å²) in [6.45, 7) is 2.23. The first-order valence-electron chi connectivity index (χ1n) is 4.34. The van der Waals surface area contributed by atoms with Crippen molar-refractivity contribution in [2.75, 3.05) is 13.2 Å². The van der Waals surface area contributed by atoms with Crippen molar-refractivity contribution in [2.24, 2.45) is 5.73 Å². The van der Waals surface area contributed by atoms with Crippen LogP contribution in [0.4, 0.5) is 0 Å². The third-order valence-electron chi connectivity index (χ3n) is 1.76. The highest BCUT2D eigenvalue weighted by atomic mass is 16.5. The number of hydrogen-bond donors (Lipinski definition) is 2. The SMILES string of the molecule is C[C@@H](N)c1ccccc1OCCO. The minimum atomic E-state index is -0.0464. The predicted molar refractivity (Wildman–Crippen MR) is 51.6 cm³/mol. The minimum absolute atomic E-state index is 0.0211. The molecule has 0 saturated carbocycles. The zero-order valence-corrected chi connectivity index (χ0v) is 7.73. The minimum Gasteiger partial charge on any atom is -0.491 e. The van der Waals surface area contributed by atoms with E-state index in [1.165, 1.54) is 0 Å². The van der Waals surface area contributed by atoms with Crippen molar-refractivity contribution >= 4 is 0 Å². The van der Waals surface area contributed by atoms with Crippen LogP contribution in [0.15, 0.2) is 24.3 Å². The van der Waals surface area contributed by atoms with Crippen LogP contribution in [0.3, 0.4) is 0 Å². The molecular formula is C10H15NO2. The Kier molecular flexibility index (Phi) is 3.73. The van der Waals surface area contributed by atoms with Gasteiger partial charge >= 0.3 is 0 Å². The van der Waals surface area contributed by atoms with Gasteiger partial charge < -0.3 is 15.6 Å². The Morgan fingerprint density at radius 2 is 2.15 bits per heavy atom. The Hall–Kier alpha value is -1.06. The van der Waals surface area contributed by atoms with Gasteiger partial charge in [0, 0.05) is 11.6 Å². The summed E-state index contributed by atoms with van der Waals surface area (Å²) in [6, 6.07) is 7.55. The molecule has 1 rings (SSSR count). The fraction of sp³-hybridized carbons (Fsp3) is 0.400. The van der Waals surface area contributed by atoms with E-state index in [9.17, 15) is 0 Å². The number of aliphatic hydroxyl groups excluding tert-OH is 1. The maximum absolute atomic E-state index is 8.60. The van der Waals surface area contributed by atoms with Crippen LogP contribution < -0.4 is 10.5 Å². The van der Waals surface area contributed by atoms with Gasteiger partial charge in [0.1, 0.15) is 12.4 Å². The summed E-state index contributed by atoms with van der Waals surface area (Å²) in [5.74, 6) is 0.756. The monoisotopic (exact) mass is 181 g/mol. The lowest BCUT2D eigenvalue weighted by Crippen LogP contribution is -2.09. The molecule has 1 aromatic rings. The van der Waals surface area contributed by atoms with Crippen LogP contribution in [0.2, 0.25) is 0 Å². The Morgan fingerprint density at radius 3 is 2.77 bits per heavy atom. The van der Waals surface area contributed by atoms with Crippen molar-refractivity contribution in [3.63, 3.8) is 0 Å². The Morgan fingerprint density at radius 1 is 1.46 bits per heavy atom. The maximum atomic E-state index is 8.60. The van der Waals surface area contributed by atoms with Crippen LogP contribution in [0.25, 0.3) is 0 Å². The van der Waals surface area contributed by atoms with Crippen molar-refractivity contribution in [3.8, 4) is 5.75 Å². The van der Waals surface area contributed by atoms with Crippen LogP contribution >= 0.6 is 0 Å². The van der Waals surface area contributed by atoms with Gasteiger partial charge in [0.2, 0.25) is 0 Å². The largest absolute Gasteiger partial charge is 0.491 e. The first-order chi connectivity index (χ1) is 6.25. The molecule has 0 saturated heterocycles. The van der Waals surface area contributed by atoms with Crippen LogP contribution in [0.1, 0.15) is 18.5 Å². The van der Waals surface area contributed by atoms with E-state index < -0.39 is 0 Å². The van der Waals surface area contributed by atoms with Gasteiger partial charge in [-0.2, -0.15) is 0 Å². The van der Waals surface area contributed by atoms with E-state index >= 15 is 0 Å². The summed E-state index contributed by atoms with van der Waals surface area (Å²) in [5, 5.41) is 8.60. The number of aliphatic hydroxyl groups is 1. The zero-order chi connectivity index (χ0) is 9.68. The quantitative estimate of drug-likeness (QED) is 0.730. The summed E-state index contributed by atoms with van der Waals surface area (Å²) < 4.78 is 5.32. The third kappa shape index (κ3) is 2.72. The second-order valence-corrected chi connectivity index (χ2v) is 2.90. The molecule has 72 valence electrons. The Balaban J connectivity index is 2.78. The number of ether oxygens (including phenoxy) is 1. The summed E-state index contributed by atoms with van der Waals surface area (Å²) in [6.07, 6.45) is 0. The molecule has 0 heterocycles. The summed E-state index contributed by atoms with van der Waals surface area (Å²) in [4.78, 5) is 0. The fourth-order valence-electron chi connectivity index (χ4n) is 1.14. The van der Waals surface area contributed by atoms with Gasteiger partial charge in [-0.1, -0.05) is 18.2 Å². The molecule has 0 aliphatic carbocycles. The van der Waals surface area contributed by atoms with Gasteiger partial charge in [0.25, 0.3) is 0 Å². The standard InChI is InChI=1S/C10H15NO2/c1-8(11)9-4-2-3-5-10(9)13-7-6-12/h2-5,8,12H,6-7,11H2,1H3/t8-/m1/s1. The molecule has 0 aliphatic rings. The average Bonchev–Trinajstić information content (AvgIpc) is 2.15. The molecule has 3 N–H and O–H groups in total. The van der Waals surface area contributed by atoms with Crippen molar-refractivity contribution in [1.29, 1.82) is 0 Å². The highest BCUT2D eigenvalue weighted by molar-refractivity contribution is 5.35. The normalized spacial score (nSPS) is 12.5. The first-order valence-corrected chi connectivity index (χ1v) is 4.34. The van der Waals surface area contributed by atoms with Crippen LogP contribution in [0.5, 0.6) is 5.75 Å². The van der Waals surface area contributed by atoms with E-state index in [0.29, 0.717) is 6.61 Å². The Bertz CT molecular complexity index is 261. The molecule has 0 aliphatic heterocycles. The number of para-hydroxylation sites is 1. The van der Waals surface area contributed by atoms with Crippen molar-refractivity contribution < 1.29 is 9.84 Å². The smallest absolute Gasteiger partial charge is 0.124 e. The number of nitrogens with two attached hydrogens (primary N) is 1. The van der Waals surface area contributed by atoms with Crippen LogP contribution in [0, 0.1) is 0 Å². The lowest BCUT2D eigenvalue weighted by molar-refractivity contribution is 0.200. The van der Waals surface area contributed by atoms with Crippen molar-refractivity contribution in [2.45, 2.75) is 13.0 Å². The lowest BCUT2D eigenvalue weighted by atomic mass is 10.1. The van der Waals surface area contributed by atoms with E-state index in [1.807, 2.05) is 31.2 Å². The third-order valence-corrected chi connectivity index (χ3v) is 1.76. The maximum Gasteiger partial charge on any atom is 0.124 e. The summed E-state index contributed by atoms with van der Waals surface area (Å²) >= 11 is 0. The molecule has 0 fully saturated rings. The summed E-state index contributed by atoms with van der Waals surface area (Å²) in [5.41, 5.74) is 6.71. The molecule has 3 nitrogen and oxygen atoms in total. The van der Waals surface area contributed by atoms with Crippen molar-refractivity contribution in [3.05, 3.63) is 29.8 Å². The number of benzene rings is 1. The topological polar surface area (TPSA) is 55.5 Å². The van der Waals surface area contributed by atoms with Crippen LogP contribution in [-0.2, 0) is 0 Å². The lowest BCUT2D eigenvalue weighted by Gasteiger charge is -2.12. The molecule has 0 unspecified atom stereocenters. The van der Waals surface area contributed by atoms with Crippen LogP contribution in [-0.4, -0.2) is 18.3 Å². The van der Waals surface area contributed by atoms with Gasteiger partial charge in [-0.15, -0.1) is 0 Å². The molecule has 13 heavy (non-hydrogen) atoms. The first kappa shape index (κ1) is 10.0. The van der Waals surface area contributed by atoms with E-state index in [1.54, 1.807) is 0 Å². The molecule has 1 aromatic carbocycles. The van der Waals surface area contributed by atoms with Gasteiger partial charge in [-0.25, -0.2) is 0 Å².